The average molecular weight is 401 g/mol. The van der Waals surface area contributed by atoms with Crippen molar-refractivity contribution in [2.75, 3.05) is 40.0 Å². The second kappa shape index (κ2) is 8.30. The molecule has 1 atom stereocenters. The van der Waals surface area contributed by atoms with E-state index >= 15 is 0 Å². The third kappa shape index (κ3) is 3.89. The fourth-order valence-electron chi connectivity index (χ4n) is 3.50. The Hall–Kier alpha value is -2.42. The van der Waals surface area contributed by atoms with Gasteiger partial charge in [-0.1, -0.05) is 6.07 Å². The number of phenols is 1. The van der Waals surface area contributed by atoms with Gasteiger partial charge in [-0.3, -0.25) is 9.69 Å². The zero-order chi connectivity index (χ0) is 19.5. The van der Waals surface area contributed by atoms with Crippen LogP contribution in [0, 0.1) is 0 Å². The molecule has 1 unspecified atom stereocenters. The maximum absolute atomic E-state index is 13.0. The van der Waals surface area contributed by atoms with Crippen LogP contribution < -0.4 is 4.74 Å². The molecule has 1 N–H and O–H groups in total. The third-order valence-corrected chi connectivity index (χ3v) is 5.99. The van der Waals surface area contributed by atoms with E-state index in [1.807, 2.05) is 17.5 Å². The molecule has 0 saturated carbocycles. The van der Waals surface area contributed by atoms with Gasteiger partial charge in [-0.15, -0.1) is 11.3 Å². The summed E-state index contributed by atoms with van der Waals surface area (Å²) in [5.41, 5.74) is 1.66. The Balaban J connectivity index is 1.59. The summed E-state index contributed by atoms with van der Waals surface area (Å²) in [5.74, 6) is 0.465. The van der Waals surface area contributed by atoms with Crippen molar-refractivity contribution >= 4 is 23.0 Å². The van der Waals surface area contributed by atoms with Crippen LogP contribution in [0.25, 0.3) is 0 Å². The van der Waals surface area contributed by atoms with Gasteiger partial charge in [0.1, 0.15) is 0 Å². The number of ether oxygens (including phenoxy) is 2. The van der Waals surface area contributed by atoms with Crippen molar-refractivity contribution in [3.63, 3.8) is 0 Å². The first-order valence-corrected chi connectivity index (χ1v) is 10.1. The highest BCUT2D eigenvalue weighted by Crippen LogP contribution is 2.36. The number of hydrogen-bond acceptors (Lipinski definition) is 7. The van der Waals surface area contributed by atoms with E-state index in [1.165, 1.54) is 7.11 Å². The monoisotopic (exact) mass is 401 g/mol. The smallest absolute Gasteiger partial charge is 0.257 e. The van der Waals surface area contributed by atoms with Crippen LogP contribution >= 0.6 is 11.3 Å². The highest BCUT2D eigenvalue weighted by Gasteiger charge is 2.34. The van der Waals surface area contributed by atoms with E-state index < -0.39 is 0 Å². The molecule has 1 saturated heterocycles. The Morgan fingerprint density at radius 3 is 2.89 bits per heavy atom. The zero-order valence-corrected chi connectivity index (χ0v) is 16.5. The molecular weight excluding hydrogens is 378 g/mol. The number of carbonyl (C=O) groups excluding carboxylic acids is 1. The molecule has 4 rings (SSSR count). The summed E-state index contributed by atoms with van der Waals surface area (Å²) in [5, 5.41) is 18.2. The second-order valence-corrected chi connectivity index (χ2v) is 7.77. The minimum Gasteiger partial charge on any atom is -0.504 e. The number of benzene rings is 1. The normalized spacial score (nSPS) is 20.2. The molecule has 148 valence electrons. The van der Waals surface area contributed by atoms with Gasteiger partial charge >= 0.3 is 0 Å². The quantitative estimate of drug-likeness (QED) is 0.833. The van der Waals surface area contributed by atoms with Crippen LogP contribution in [0.1, 0.15) is 22.9 Å². The highest BCUT2D eigenvalue weighted by atomic mass is 32.1. The second-order valence-electron chi connectivity index (χ2n) is 6.80. The van der Waals surface area contributed by atoms with Crippen LogP contribution in [-0.2, 0) is 9.53 Å². The first-order valence-electron chi connectivity index (χ1n) is 9.26. The molecule has 1 aromatic carbocycles. The number of phenolic OH excluding ortho intramolecular Hbond substituents is 1. The number of morpholine rings is 1. The molecule has 0 spiro atoms. The summed E-state index contributed by atoms with van der Waals surface area (Å²) in [4.78, 5) is 16.3. The minimum absolute atomic E-state index is 0.0129. The van der Waals surface area contributed by atoms with Crippen LogP contribution in [0.5, 0.6) is 11.5 Å². The van der Waals surface area contributed by atoms with E-state index in [2.05, 4.69) is 10.0 Å². The molecule has 8 heteroatoms. The Kier molecular flexibility index (Phi) is 5.61. The number of hydrazone groups is 1. The average Bonchev–Trinajstić information content (AvgIpc) is 3.39. The SMILES string of the molecule is COc1cc(C2=NN(C(=O)CN3CCOCC3)C(c3cccs3)C2)ccc1O. The summed E-state index contributed by atoms with van der Waals surface area (Å²) in [7, 11) is 1.52. The summed E-state index contributed by atoms with van der Waals surface area (Å²) < 4.78 is 10.6. The molecule has 1 fully saturated rings. The van der Waals surface area contributed by atoms with Crippen LogP contribution in [0.2, 0.25) is 0 Å². The predicted octanol–water partition coefficient (Wildman–Crippen LogP) is 2.47. The van der Waals surface area contributed by atoms with E-state index in [0.717, 1.165) is 29.2 Å². The Bertz CT molecular complexity index is 862. The maximum Gasteiger partial charge on any atom is 0.257 e. The lowest BCUT2D eigenvalue weighted by Crippen LogP contribution is -2.43. The van der Waals surface area contributed by atoms with Crippen molar-refractivity contribution in [1.82, 2.24) is 9.91 Å². The van der Waals surface area contributed by atoms with Gasteiger partial charge < -0.3 is 14.6 Å². The van der Waals surface area contributed by atoms with Crippen molar-refractivity contribution in [2.24, 2.45) is 5.10 Å². The van der Waals surface area contributed by atoms with E-state index in [4.69, 9.17) is 9.47 Å². The molecule has 0 radical (unpaired) electrons. The van der Waals surface area contributed by atoms with E-state index in [1.54, 1.807) is 34.5 Å². The minimum atomic E-state index is -0.108. The first kappa shape index (κ1) is 18.9. The fourth-order valence-corrected chi connectivity index (χ4v) is 4.31. The number of hydrogen-bond donors (Lipinski definition) is 1. The number of carbonyl (C=O) groups is 1. The van der Waals surface area contributed by atoms with Gasteiger partial charge in [0.05, 0.1) is 38.6 Å². The lowest BCUT2D eigenvalue weighted by Gasteiger charge is -2.28. The molecule has 1 amide bonds. The standard InChI is InChI=1S/C20H23N3O4S/c1-26-18-11-14(4-5-17(18)24)15-12-16(19-3-2-10-28-19)23(21-15)20(25)13-22-6-8-27-9-7-22/h2-5,10-11,16,24H,6-9,12-13H2,1H3. The molecule has 0 bridgehead atoms. The van der Waals surface area contributed by atoms with E-state index in [-0.39, 0.29) is 17.7 Å². The van der Waals surface area contributed by atoms with Gasteiger partial charge in [-0.2, -0.15) is 5.10 Å². The largest absolute Gasteiger partial charge is 0.504 e. The van der Waals surface area contributed by atoms with Gasteiger partial charge in [0.25, 0.3) is 5.91 Å². The number of methoxy groups -OCH3 is 1. The summed E-state index contributed by atoms with van der Waals surface area (Å²) in [6, 6.07) is 9.08. The van der Waals surface area contributed by atoms with Gasteiger partial charge in [0, 0.05) is 30.0 Å². The van der Waals surface area contributed by atoms with Gasteiger partial charge in [0.15, 0.2) is 11.5 Å². The predicted molar refractivity (Wildman–Crippen MR) is 107 cm³/mol. The number of aromatic hydroxyl groups is 1. The molecule has 2 aliphatic heterocycles. The molecule has 2 aromatic rings. The molecule has 2 aliphatic rings. The first-order chi connectivity index (χ1) is 13.7. The molecule has 0 aliphatic carbocycles. The number of thiophene rings is 1. The number of nitrogens with zero attached hydrogens (tertiary/aromatic N) is 3. The fraction of sp³-hybridized carbons (Fsp3) is 0.400. The van der Waals surface area contributed by atoms with Gasteiger partial charge in [-0.25, -0.2) is 5.01 Å². The lowest BCUT2D eigenvalue weighted by molar-refractivity contribution is -0.135. The van der Waals surface area contributed by atoms with Gasteiger partial charge in [0.2, 0.25) is 0 Å². The van der Waals surface area contributed by atoms with Crippen molar-refractivity contribution in [3.05, 3.63) is 46.2 Å². The lowest BCUT2D eigenvalue weighted by atomic mass is 10.0. The van der Waals surface area contributed by atoms with Crippen molar-refractivity contribution in [2.45, 2.75) is 12.5 Å². The van der Waals surface area contributed by atoms with Crippen LogP contribution in [0.15, 0.2) is 40.8 Å². The maximum atomic E-state index is 13.0. The Morgan fingerprint density at radius 2 is 2.18 bits per heavy atom. The number of rotatable bonds is 5. The summed E-state index contributed by atoms with van der Waals surface area (Å²) in [6.45, 7) is 3.16. The number of amides is 1. The molecular formula is C20H23N3O4S. The molecule has 28 heavy (non-hydrogen) atoms. The topological polar surface area (TPSA) is 74.6 Å². The Labute approximate surface area is 167 Å². The van der Waals surface area contributed by atoms with Crippen molar-refractivity contribution < 1.29 is 19.4 Å². The summed E-state index contributed by atoms with van der Waals surface area (Å²) >= 11 is 1.63. The molecule has 3 heterocycles. The third-order valence-electron chi connectivity index (χ3n) is 5.01. The summed E-state index contributed by atoms with van der Waals surface area (Å²) in [6.07, 6.45) is 0.628. The van der Waals surface area contributed by atoms with Crippen molar-refractivity contribution in [3.8, 4) is 11.5 Å². The van der Waals surface area contributed by atoms with Gasteiger partial charge in [-0.05, 0) is 29.6 Å². The van der Waals surface area contributed by atoms with Crippen molar-refractivity contribution in [1.29, 1.82) is 0 Å². The molecule has 7 nitrogen and oxygen atoms in total. The Morgan fingerprint density at radius 1 is 1.36 bits per heavy atom. The highest BCUT2D eigenvalue weighted by molar-refractivity contribution is 7.10. The van der Waals surface area contributed by atoms with E-state index in [9.17, 15) is 9.90 Å². The zero-order valence-electron chi connectivity index (χ0n) is 15.7. The van der Waals surface area contributed by atoms with Crippen LogP contribution in [0.3, 0.4) is 0 Å². The van der Waals surface area contributed by atoms with E-state index in [0.29, 0.717) is 31.9 Å². The van der Waals surface area contributed by atoms with Crippen LogP contribution in [-0.4, -0.2) is 66.6 Å². The van der Waals surface area contributed by atoms with Crippen LogP contribution in [0.4, 0.5) is 0 Å². The molecule has 1 aromatic heterocycles.